The summed E-state index contributed by atoms with van der Waals surface area (Å²) in [6, 6.07) is 8.89. The minimum absolute atomic E-state index is 0.0478. The predicted octanol–water partition coefficient (Wildman–Crippen LogP) is 0.286. The van der Waals surface area contributed by atoms with Crippen LogP contribution in [-0.2, 0) is 14.2 Å². The Kier molecular flexibility index (Phi) is 6.32. The molecule has 234 valence electrons. The van der Waals surface area contributed by atoms with Crippen LogP contribution in [0.2, 0.25) is 0 Å². The molecule has 8 N–H and O–H groups in total. The van der Waals surface area contributed by atoms with Crippen LogP contribution in [0, 0.1) is 0 Å². The zero-order valence-corrected chi connectivity index (χ0v) is 23.4. The molecule has 3 aliphatic heterocycles. The summed E-state index contributed by atoms with van der Waals surface area (Å²) < 4.78 is 18.1. The number of nitrogens with one attached hydrogen (secondary N) is 2. The topological polar surface area (TPSA) is 219 Å². The first-order chi connectivity index (χ1) is 21.7. The van der Waals surface area contributed by atoms with Crippen molar-refractivity contribution in [2.45, 2.75) is 36.7 Å². The van der Waals surface area contributed by atoms with Crippen molar-refractivity contribution in [2.24, 2.45) is 0 Å². The Labute approximate surface area is 252 Å². The van der Waals surface area contributed by atoms with Crippen LogP contribution in [0.25, 0.3) is 43.6 Å². The molecule has 0 bridgehead atoms. The second-order valence-electron chi connectivity index (χ2n) is 11.5. The lowest BCUT2D eigenvalue weighted by atomic mass is 9.96. The number of amides is 2. The van der Waals surface area contributed by atoms with Crippen LogP contribution in [0.4, 0.5) is 0 Å². The number of aliphatic hydroxyl groups is 4. The Morgan fingerprint density at radius 1 is 0.911 bits per heavy atom. The molecule has 0 saturated carbocycles. The average Bonchev–Trinajstić information content (AvgIpc) is 3.79. The molecule has 45 heavy (non-hydrogen) atoms. The summed E-state index contributed by atoms with van der Waals surface area (Å²) in [5, 5.41) is 65.7. The van der Waals surface area contributed by atoms with Gasteiger partial charge in [0.2, 0.25) is 0 Å². The van der Waals surface area contributed by atoms with Gasteiger partial charge in [0.25, 0.3) is 11.8 Å². The highest BCUT2D eigenvalue weighted by Crippen LogP contribution is 2.47. The maximum absolute atomic E-state index is 14.2. The van der Waals surface area contributed by atoms with E-state index in [0.717, 1.165) is 5.01 Å². The highest BCUT2D eigenvalue weighted by molar-refractivity contribution is 6.39. The summed E-state index contributed by atoms with van der Waals surface area (Å²) in [6.45, 7) is -0.182. The lowest BCUT2D eigenvalue weighted by molar-refractivity contribution is -0.249. The summed E-state index contributed by atoms with van der Waals surface area (Å²) >= 11 is 0. The van der Waals surface area contributed by atoms with Gasteiger partial charge in [0.05, 0.1) is 52.5 Å². The monoisotopic (exact) mass is 620 g/mol. The number of H-pyrrole nitrogens is 1. The standard InChI is InChI=1S/C30H28N4O11/c35-8-18-25(38)26(39)27(40)30(45-18)33-17-6-12(37)2-4-15(17)20-22-21(28(41)34(29(22)42)31-7-13-9-43-10-44-13)19-14-3-1-11(36)5-16(14)32-23(19)24(20)33/h1-6,13,18,25-27,30-32,35-40H,7-10H2/t13?,18-,25-,26+,27-,30-/m1/s1. The van der Waals surface area contributed by atoms with Crippen LogP contribution in [-0.4, -0.2) is 114 Å². The second kappa shape index (κ2) is 10.1. The number of aromatic hydroxyl groups is 2. The minimum Gasteiger partial charge on any atom is -0.508 e. The fraction of sp³-hybridized carbons (Fsp3) is 0.333. The molecular formula is C30H28N4O11. The summed E-state index contributed by atoms with van der Waals surface area (Å²) in [4.78, 5) is 31.6. The van der Waals surface area contributed by atoms with E-state index in [1.54, 1.807) is 12.1 Å². The smallest absolute Gasteiger partial charge is 0.276 e. The molecule has 3 aliphatic rings. The van der Waals surface area contributed by atoms with Gasteiger partial charge >= 0.3 is 0 Å². The molecule has 15 heteroatoms. The first kappa shape index (κ1) is 28.2. The maximum atomic E-state index is 14.2. The van der Waals surface area contributed by atoms with Gasteiger partial charge in [-0.05, 0) is 24.3 Å². The molecule has 0 spiro atoms. The van der Waals surface area contributed by atoms with Crippen LogP contribution < -0.4 is 5.43 Å². The van der Waals surface area contributed by atoms with Gasteiger partial charge in [-0.3, -0.25) is 9.59 Å². The number of ether oxygens (including phenoxy) is 3. The van der Waals surface area contributed by atoms with Gasteiger partial charge in [-0.1, -0.05) is 0 Å². The minimum atomic E-state index is -1.72. The number of phenols is 2. The summed E-state index contributed by atoms with van der Waals surface area (Å²) in [6.07, 6.45) is -8.14. The van der Waals surface area contributed by atoms with Gasteiger partial charge in [0, 0.05) is 40.2 Å². The van der Waals surface area contributed by atoms with E-state index in [0.29, 0.717) is 32.6 Å². The van der Waals surface area contributed by atoms with E-state index in [1.165, 1.54) is 28.8 Å². The number of aromatic nitrogens is 2. The van der Waals surface area contributed by atoms with E-state index in [4.69, 9.17) is 14.2 Å². The molecule has 2 aromatic heterocycles. The molecule has 5 heterocycles. The number of aromatic amines is 1. The first-order valence-electron chi connectivity index (χ1n) is 14.3. The van der Waals surface area contributed by atoms with Crippen LogP contribution in [0.1, 0.15) is 26.9 Å². The number of benzene rings is 3. The largest absolute Gasteiger partial charge is 0.508 e. The van der Waals surface area contributed by atoms with E-state index in [1.807, 2.05) is 0 Å². The van der Waals surface area contributed by atoms with Crippen LogP contribution >= 0.6 is 0 Å². The number of hydrazine groups is 1. The molecule has 2 saturated heterocycles. The molecule has 6 atom stereocenters. The van der Waals surface area contributed by atoms with Crippen molar-refractivity contribution in [3.05, 3.63) is 47.5 Å². The highest BCUT2D eigenvalue weighted by Gasteiger charge is 2.47. The first-order valence-corrected chi connectivity index (χ1v) is 14.3. The third kappa shape index (κ3) is 3.93. The van der Waals surface area contributed by atoms with E-state index in [2.05, 4.69) is 10.4 Å². The lowest BCUT2D eigenvalue weighted by Crippen LogP contribution is -2.56. The summed E-state index contributed by atoms with van der Waals surface area (Å²) in [5.41, 5.74) is 4.36. The van der Waals surface area contributed by atoms with Crippen molar-refractivity contribution in [2.75, 3.05) is 26.6 Å². The average molecular weight is 621 g/mol. The van der Waals surface area contributed by atoms with Crippen molar-refractivity contribution in [3.63, 3.8) is 0 Å². The zero-order valence-electron chi connectivity index (χ0n) is 23.4. The Bertz CT molecular complexity index is 2050. The molecular weight excluding hydrogens is 592 g/mol. The molecule has 15 nitrogen and oxygen atoms in total. The third-order valence-electron chi connectivity index (χ3n) is 8.88. The van der Waals surface area contributed by atoms with E-state index in [9.17, 15) is 40.2 Å². The van der Waals surface area contributed by atoms with Crippen molar-refractivity contribution >= 4 is 55.4 Å². The number of phenolic OH excluding ortho intramolecular Hbond substituents is 2. The lowest BCUT2D eigenvalue weighted by Gasteiger charge is -2.41. The quantitative estimate of drug-likeness (QED) is 0.124. The number of carbonyl (C=O) groups excluding carboxylic acids is 2. The molecule has 0 radical (unpaired) electrons. The Morgan fingerprint density at radius 3 is 2.33 bits per heavy atom. The Morgan fingerprint density at radius 2 is 1.62 bits per heavy atom. The van der Waals surface area contributed by atoms with Gasteiger partial charge in [0.15, 0.2) is 6.23 Å². The molecule has 2 amide bonds. The van der Waals surface area contributed by atoms with Crippen LogP contribution in [0.3, 0.4) is 0 Å². The van der Waals surface area contributed by atoms with E-state index in [-0.39, 0.29) is 59.7 Å². The number of rotatable bonds is 5. The zero-order chi connectivity index (χ0) is 31.3. The molecule has 5 aromatic rings. The summed E-state index contributed by atoms with van der Waals surface area (Å²) in [7, 11) is 0. The van der Waals surface area contributed by atoms with Crippen LogP contribution in [0.5, 0.6) is 11.5 Å². The van der Waals surface area contributed by atoms with Crippen molar-refractivity contribution in [1.82, 2.24) is 20.0 Å². The van der Waals surface area contributed by atoms with Gasteiger partial charge in [0.1, 0.15) is 42.7 Å². The van der Waals surface area contributed by atoms with Gasteiger partial charge in [-0.15, -0.1) is 0 Å². The van der Waals surface area contributed by atoms with Gasteiger partial charge < -0.3 is 54.4 Å². The van der Waals surface area contributed by atoms with Crippen molar-refractivity contribution in [3.8, 4) is 11.5 Å². The number of aliphatic hydroxyl groups excluding tert-OH is 4. The number of carbonyl (C=O) groups is 2. The number of fused-ring (bicyclic) bond motifs is 10. The summed E-state index contributed by atoms with van der Waals surface area (Å²) in [5.74, 6) is -1.49. The highest BCUT2D eigenvalue weighted by atomic mass is 16.7. The number of nitrogens with zero attached hydrogens (tertiary/aromatic N) is 2. The van der Waals surface area contributed by atoms with Crippen LogP contribution in [0.15, 0.2) is 36.4 Å². The normalized spacial score (nSPS) is 27.2. The van der Waals surface area contributed by atoms with Crippen molar-refractivity contribution < 1.29 is 54.4 Å². The van der Waals surface area contributed by atoms with E-state index >= 15 is 0 Å². The molecule has 8 rings (SSSR count). The molecule has 3 aromatic carbocycles. The van der Waals surface area contributed by atoms with Crippen molar-refractivity contribution in [1.29, 1.82) is 0 Å². The second-order valence-corrected chi connectivity index (χ2v) is 11.5. The maximum Gasteiger partial charge on any atom is 0.276 e. The SMILES string of the molecule is O=C1c2c(c3c4ccc(O)cc4n([C@@H]4O[C@H](CO)[C@@H](O)[C@H](O)[C@H]4O)c3c3[nH]c4cc(O)ccc4c23)C(=O)N1NCC1COCO1. The fourth-order valence-corrected chi connectivity index (χ4v) is 6.80. The number of imide groups is 1. The van der Waals surface area contributed by atoms with Gasteiger partial charge in [-0.25, -0.2) is 10.4 Å². The predicted molar refractivity (Wildman–Crippen MR) is 155 cm³/mol. The third-order valence-corrected chi connectivity index (χ3v) is 8.88. The van der Waals surface area contributed by atoms with E-state index < -0.39 is 49.1 Å². The van der Waals surface area contributed by atoms with Gasteiger partial charge in [-0.2, -0.15) is 0 Å². The Hall–Kier alpha value is -4.32. The molecule has 0 aliphatic carbocycles. The fourth-order valence-electron chi connectivity index (χ4n) is 6.80. The number of hydrogen-bond donors (Lipinski definition) is 8. The molecule has 2 fully saturated rings. The molecule has 1 unspecified atom stereocenters. The Balaban J connectivity index is 1.47. The number of hydrogen-bond acceptors (Lipinski definition) is 12.